The van der Waals surface area contributed by atoms with Gasteiger partial charge in [-0.15, -0.1) is 0 Å². The second-order valence-corrected chi connectivity index (χ2v) is 4.11. The average molecular weight is 262 g/mol. The Labute approximate surface area is 116 Å². The molecule has 0 fully saturated rings. The highest BCUT2D eigenvalue weighted by molar-refractivity contribution is 5.90. The van der Waals surface area contributed by atoms with Gasteiger partial charge in [0.1, 0.15) is 17.6 Å². The number of nitriles is 2. The monoisotopic (exact) mass is 262 g/mol. The van der Waals surface area contributed by atoms with Gasteiger partial charge in [-0.05, 0) is 47.5 Å². The Morgan fingerprint density at radius 1 is 1.00 bits per heavy atom. The molecule has 0 aliphatic rings. The molecular weight excluding hydrogens is 252 g/mol. The molecule has 4 heteroatoms. The van der Waals surface area contributed by atoms with Crippen molar-refractivity contribution in [2.75, 3.05) is 0 Å². The Kier molecular flexibility index (Phi) is 3.70. The zero-order chi connectivity index (χ0) is 14.5. The first-order valence-corrected chi connectivity index (χ1v) is 5.78. The highest BCUT2D eigenvalue weighted by Gasteiger charge is 2.06. The van der Waals surface area contributed by atoms with Crippen molar-refractivity contribution in [3.8, 4) is 23.6 Å². The molecule has 0 radical (unpaired) electrons. The first kappa shape index (κ1) is 13.2. The maximum absolute atomic E-state index is 9.46. The highest BCUT2D eigenvalue weighted by atomic mass is 16.3. The number of rotatable bonds is 2. The number of benzene rings is 2. The SMILES string of the molecule is N#CC(=Cc1ccc(O)cc1)c1ccc(O)c(C#N)c1. The molecule has 20 heavy (non-hydrogen) atoms. The van der Waals surface area contributed by atoms with E-state index in [0.29, 0.717) is 11.1 Å². The van der Waals surface area contributed by atoms with E-state index in [-0.39, 0.29) is 17.1 Å². The lowest BCUT2D eigenvalue weighted by Gasteiger charge is -2.02. The van der Waals surface area contributed by atoms with Crippen molar-refractivity contribution >= 4 is 11.6 Å². The zero-order valence-corrected chi connectivity index (χ0v) is 10.4. The molecule has 0 aliphatic carbocycles. The van der Waals surface area contributed by atoms with E-state index in [4.69, 9.17) is 5.26 Å². The molecule has 2 aromatic rings. The fourth-order valence-electron chi connectivity index (χ4n) is 1.71. The van der Waals surface area contributed by atoms with Crippen LogP contribution in [0.25, 0.3) is 11.6 Å². The molecule has 0 atom stereocenters. The minimum Gasteiger partial charge on any atom is -0.508 e. The summed E-state index contributed by atoms with van der Waals surface area (Å²) >= 11 is 0. The Morgan fingerprint density at radius 3 is 2.30 bits per heavy atom. The van der Waals surface area contributed by atoms with E-state index >= 15 is 0 Å². The van der Waals surface area contributed by atoms with Gasteiger partial charge in [0.2, 0.25) is 0 Å². The summed E-state index contributed by atoms with van der Waals surface area (Å²) in [5.74, 6) is 0.0373. The highest BCUT2D eigenvalue weighted by Crippen LogP contribution is 2.24. The van der Waals surface area contributed by atoms with Crippen molar-refractivity contribution in [2.24, 2.45) is 0 Å². The molecule has 0 aromatic heterocycles. The molecule has 0 saturated heterocycles. The molecule has 96 valence electrons. The summed E-state index contributed by atoms with van der Waals surface area (Å²) < 4.78 is 0. The summed E-state index contributed by atoms with van der Waals surface area (Å²) in [6, 6.07) is 14.8. The maximum Gasteiger partial charge on any atom is 0.133 e. The van der Waals surface area contributed by atoms with E-state index in [0.717, 1.165) is 5.56 Å². The maximum atomic E-state index is 9.46. The number of hydrogen-bond donors (Lipinski definition) is 2. The number of nitrogens with zero attached hydrogens (tertiary/aromatic N) is 2. The smallest absolute Gasteiger partial charge is 0.133 e. The third kappa shape index (κ3) is 2.77. The topological polar surface area (TPSA) is 88.0 Å². The number of allylic oxidation sites excluding steroid dienone is 1. The molecule has 0 heterocycles. The number of phenols is 2. The first-order valence-electron chi connectivity index (χ1n) is 5.78. The van der Waals surface area contributed by atoms with Gasteiger partial charge in [0, 0.05) is 0 Å². The van der Waals surface area contributed by atoms with Gasteiger partial charge in [0.25, 0.3) is 0 Å². The molecule has 2 N–H and O–H groups in total. The van der Waals surface area contributed by atoms with Gasteiger partial charge in [0.15, 0.2) is 0 Å². The molecule has 0 saturated carbocycles. The van der Waals surface area contributed by atoms with Crippen LogP contribution in [-0.2, 0) is 0 Å². The summed E-state index contributed by atoms with van der Waals surface area (Å²) in [5.41, 5.74) is 1.79. The van der Waals surface area contributed by atoms with Gasteiger partial charge >= 0.3 is 0 Å². The normalized spacial score (nSPS) is 10.6. The van der Waals surface area contributed by atoms with Crippen LogP contribution in [0.15, 0.2) is 42.5 Å². The van der Waals surface area contributed by atoms with E-state index in [9.17, 15) is 15.5 Å². The van der Waals surface area contributed by atoms with E-state index < -0.39 is 0 Å². The van der Waals surface area contributed by atoms with Crippen molar-refractivity contribution in [1.82, 2.24) is 0 Å². The summed E-state index contributed by atoms with van der Waals surface area (Å²) in [6.45, 7) is 0. The van der Waals surface area contributed by atoms with Crippen LogP contribution >= 0.6 is 0 Å². The van der Waals surface area contributed by atoms with Crippen molar-refractivity contribution in [1.29, 1.82) is 10.5 Å². The number of aromatic hydroxyl groups is 2. The molecule has 0 amide bonds. The predicted octanol–water partition coefficient (Wildman–Crippen LogP) is 3.03. The molecule has 4 nitrogen and oxygen atoms in total. The fraction of sp³-hybridized carbons (Fsp3) is 0. The Bertz CT molecular complexity index is 748. The number of phenolic OH excluding ortho intramolecular Hbond substituents is 2. The Balaban J connectivity index is 2.46. The predicted molar refractivity (Wildman–Crippen MR) is 74.4 cm³/mol. The minimum absolute atomic E-state index is 0.113. The van der Waals surface area contributed by atoms with Crippen LogP contribution in [-0.4, -0.2) is 10.2 Å². The quantitative estimate of drug-likeness (QED) is 0.643. The molecular formula is C16H10N2O2. The summed E-state index contributed by atoms with van der Waals surface area (Å²) in [7, 11) is 0. The lowest BCUT2D eigenvalue weighted by molar-refractivity contribution is 0.473. The molecule has 2 rings (SSSR count). The van der Waals surface area contributed by atoms with Gasteiger partial charge < -0.3 is 10.2 Å². The molecule has 0 aliphatic heterocycles. The van der Waals surface area contributed by atoms with E-state index in [2.05, 4.69) is 6.07 Å². The van der Waals surface area contributed by atoms with Gasteiger partial charge in [-0.1, -0.05) is 12.1 Å². The summed E-state index contributed by atoms with van der Waals surface area (Å²) in [4.78, 5) is 0. The van der Waals surface area contributed by atoms with Crippen LogP contribution in [0.2, 0.25) is 0 Å². The number of hydrogen-bond acceptors (Lipinski definition) is 4. The summed E-state index contributed by atoms with van der Waals surface area (Å²) in [5, 5.41) is 36.8. The van der Waals surface area contributed by atoms with Crippen LogP contribution in [0.5, 0.6) is 11.5 Å². The average Bonchev–Trinajstić information content (AvgIpc) is 2.47. The van der Waals surface area contributed by atoms with E-state index in [1.54, 1.807) is 24.3 Å². The Hall–Kier alpha value is -3.24. The third-order valence-electron chi connectivity index (χ3n) is 2.75. The van der Waals surface area contributed by atoms with Crippen LogP contribution in [0.1, 0.15) is 16.7 Å². The van der Waals surface area contributed by atoms with Crippen LogP contribution in [0.3, 0.4) is 0 Å². The zero-order valence-electron chi connectivity index (χ0n) is 10.4. The lowest BCUT2D eigenvalue weighted by atomic mass is 10.0. The lowest BCUT2D eigenvalue weighted by Crippen LogP contribution is -1.85. The van der Waals surface area contributed by atoms with Gasteiger partial charge in [-0.25, -0.2) is 0 Å². The van der Waals surface area contributed by atoms with Crippen LogP contribution in [0, 0.1) is 22.7 Å². The van der Waals surface area contributed by atoms with Gasteiger partial charge in [-0.2, -0.15) is 10.5 Å². The van der Waals surface area contributed by atoms with Crippen LogP contribution < -0.4 is 0 Å². The van der Waals surface area contributed by atoms with E-state index in [1.165, 1.54) is 24.3 Å². The van der Waals surface area contributed by atoms with Crippen molar-refractivity contribution < 1.29 is 10.2 Å². The summed E-state index contributed by atoms with van der Waals surface area (Å²) in [6.07, 6.45) is 1.65. The van der Waals surface area contributed by atoms with Crippen molar-refractivity contribution in [3.63, 3.8) is 0 Å². The Morgan fingerprint density at radius 2 is 1.70 bits per heavy atom. The second kappa shape index (κ2) is 5.60. The van der Waals surface area contributed by atoms with Crippen molar-refractivity contribution in [2.45, 2.75) is 0 Å². The molecule has 0 bridgehead atoms. The molecule has 0 spiro atoms. The van der Waals surface area contributed by atoms with Gasteiger partial charge in [-0.3, -0.25) is 0 Å². The minimum atomic E-state index is -0.113. The molecule has 2 aromatic carbocycles. The largest absolute Gasteiger partial charge is 0.508 e. The fourth-order valence-corrected chi connectivity index (χ4v) is 1.71. The van der Waals surface area contributed by atoms with Crippen LogP contribution in [0.4, 0.5) is 0 Å². The standard InChI is InChI=1S/C16H10N2O2/c17-9-13(7-11-1-4-15(19)5-2-11)12-3-6-16(20)14(8-12)10-18/h1-8,19-20H. The molecule has 0 unspecified atom stereocenters. The van der Waals surface area contributed by atoms with Gasteiger partial charge in [0.05, 0.1) is 17.2 Å². The first-order chi connectivity index (χ1) is 9.63. The third-order valence-corrected chi connectivity index (χ3v) is 2.75. The van der Waals surface area contributed by atoms with Crippen molar-refractivity contribution in [3.05, 3.63) is 59.2 Å². The second-order valence-electron chi connectivity index (χ2n) is 4.11. The van der Waals surface area contributed by atoms with E-state index in [1.807, 2.05) is 6.07 Å².